The largest absolute Gasteiger partial charge is 0.508 e. The summed E-state index contributed by atoms with van der Waals surface area (Å²) in [4.78, 5) is 15.7. The number of ketones is 1. The van der Waals surface area contributed by atoms with Crippen molar-refractivity contribution in [3.8, 4) is 69.0 Å². The SMILES string of the molecule is O=C(c1ccc(O)cc1)C1c2c3c(cc(O)c2[C@H](c2ccc(O)cc2)[C@H]1c1cc(O)cc(O)c1)O[C@H](c1ccc(O)cc1)[C@H]3c1cc(O)cc2c1[C@@H](c1cc(O)cc(O)c1)[C@H](c1ccc(O)cc1)O2. The highest BCUT2D eigenvalue weighted by Gasteiger charge is 2.54. The quantitative estimate of drug-likeness (QED) is 0.0639. The molecule has 0 spiro atoms. The molecule has 0 amide bonds. The van der Waals surface area contributed by atoms with E-state index in [9.17, 15) is 51.1 Å². The van der Waals surface area contributed by atoms with E-state index < -0.39 is 47.6 Å². The Morgan fingerprint density at radius 1 is 0.348 bits per heavy atom. The molecule has 0 radical (unpaired) electrons. The summed E-state index contributed by atoms with van der Waals surface area (Å²) >= 11 is 0. The van der Waals surface area contributed by atoms with Crippen LogP contribution in [0.2, 0.25) is 0 Å². The number of carbonyl (C=O) groups is 1. The lowest BCUT2D eigenvalue weighted by molar-refractivity contribution is 0.0948. The Morgan fingerprint density at radius 3 is 1.30 bits per heavy atom. The fourth-order valence-corrected chi connectivity index (χ4v) is 11.0. The van der Waals surface area contributed by atoms with Crippen LogP contribution in [0.1, 0.15) is 108 Å². The molecule has 2 heterocycles. The van der Waals surface area contributed by atoms with Gasteiger partial charge in [0.05, 0.1) is 17.8 Å². The van der Waals surface area contributed by atoms with E-state index in [1.165, 1.54) is 103 Å². The Kier molecular flexibility index (Phi) is 9.97. The normalized spacial score (nSPS) is 20.9. The monoisotopic (exact) mass is 922 g/mol. The smallest absolute Gasteiger partial charge is 0.170 e. The second-order valence-corrected chi connectivity index (χ2v) is 17.8. The number of hydrogen-bond donors (Lipinski definition) is 10. The molecule has 344 valence electrons. The van der Waals surface area contributed by atoms with Gasteiger partial charge in [-0.2, -0.15) is 0 Å². The van der Waals surface area contributed by atoms with Gasteiger partial charge in [-0.25, -0.2) is 0 Å². The fraction of sp³-hybridized carbons (Fsp3) is 0.125. The third-order valence-electron chi connectivity index (χ3n) is 13.7. The van der Waals surface area contributed by atoms with Gasteiger partial charge in [-0.1, -0.05) is 36.4 Å². The van der Waals surface area contributed by atoms with Gasteiger partial charge in [-0.05, 0) is 130 Å². The predicted octanol–water partition coefficient (Wildman–Crippen LogP) is 10.2. The molecule has 8 aromatic rings. The lowest BCUT2D eigenvalue weighted by atomic mass is 9.72. The molecule has 13 nitrogen and oxygen atoms in total. The van der Waals surface area contributed by atoms with Gasteiger partial charge in [-0.3, -0.25) is 4.79 Å². The molecule has 0 bridgehead atoms. The minimum Gasteiger partial charge on any atom is -0.508 e. The summed E-state index contributed by atoms with van der Waals surface area (Å²) in [7, 11) is 0. The van der Waals surface area contributed by atoms with Crippen LogP contribution in [-0.4, -0.2) is 56.8 Å². The number of phenols is 10. The maximum Gasteiger partial charge on any atom is 0.170 e. The van der Waals surface area contributed by atoms with E-state index in [1.807, 2.05) is 0 Å². The van der Waals surface area contributed by atoms with E-state index in [2.05, 4.69) is 0 Å². The van der Waals surface area contributed by atoms with Gasteiger partial charge in [0.2, 0.25) is 0 Å². The number of ether oxygens (including phenoxy) is 2. The van der Waals surface area contributed by atoms with Crippen molar-refractivity contribution in [3.63, 3.8) is 0 Å². The van der Waals surface area contributed by atoms with Crippen molar-refractivity contribution in [1.29, 1.82) is 0 Å². The molecular weight excluding hydrogens is 881 g/mol. The van der Waals surface area contributed by atoms with Gasteiger partial charge in [0.25, 0.3) is 0 Å². The van der Waals surface area contributed by atoms with E-state index >= 15 is 4.79 Å². The molecule has 0 saturated carbocycles. The summed E-state index contributed by atoms with van der Waals surface area (Å²) in [5.74, 6) is -6.48. The van der Waals surface area contributed by atoms with E-state index in [0.717, 1.165) is 6.07 Å². The molecule has 1 unspecified atom stereocenters. The Morgan fingerprint density at radius 2 is 0.783 bits per heavy atom. The van der Waals surface area contributed by atoms with Crippen LogP contribution in [0.3, 0.4) is 0 Å². The molecule has 13 heteroatoms. The first-order chi connectivity index (χ1) is 33.2. The minimum absolute atomic E-state index is 0.00829. The van der Waals surface area contributed by atoms with Crippen molar-refractivity contribution in [3.05, 3.63) is 213 Å². The average molecular weight is 923 g/mol. The summed E-state index contributed by atoms with van der Waals surface area (Å²) in [6.07, 6.45) is -1.84. The second kappa shape index (κ2) is 16.1. The van der Waals surface area contributed by atoms with E-state index in [0.29, 0.717) is 55.6 Å². The van der Waals surface area contributed by atoms with Crippen molar-refractivity contribution in [2.24, 2.45) is 0 Å². The van der Waals surface area contributed by atoms with Gasteiger partial charge < -0.3 is 60.5 Å². The van der Waals surface area contributed by atoms with Gasteiger partial charge in [0.1, 0.15) is 81.2 Å². The number of fused-ring (bicyclic) bond motifs is 4. The topological polar surface area (TPSA) is 238 Å². The molecule has 11 rings (SSSR count). The Balaban J connectivity index is 1.24. The zero-order valence-corrected chi connectivity index (χ0v) is 36.2. The van der Waals surface area contributed by atoms with Crippen LogP contribution in [0, 0.1) is 0 Å². The fourth-order valence-electron chi connectivity index (χ4n) is 11.0. The van der Waals surface area contributed by atoms with Crippen LogP contribution in [0.25, 0.3) is 0 Å². The van der Waals surface area contributed by atoms with E-state index in [4.69, 9.17) is 9.47 Å². The van der Waals surface area contributed by atoms with Gasteiger partial charge >= 0.3 is 0 Å². The predicted molar refractivity (Wildman–Crippen MR) is 250 cm³/mol. The number of phenolic OH excluding ortho intramolecular Hbond substituents is 10. The van der Waals surface area contributed by atoms with Crippen molar-refractivity contribution in [1.82, 2.24) is 0 Å². The summed E-state index contributed by atoms with van der Waals surface area (Å²) in [5, 5.41) is 110. The number of carbonyl (C=O) groups excluding carboxylic acids is 1. The van der Waals surface area contributed by atoms with Gasteiger partial charge in [-0.15, -0.1) is 0 Å². The molecular formula is C56H42O13. The van der Waals surface area contributed by atoms with Crippen LogP contribution in [0.5, 0.6) is 69.0 Å². The molecule has 69 heavy (non-hydrogen) atoms. The first-order valence-corrected chi connectivity index (χ1v) is 22.1. The highest BCUT2D eigenvalue weighted by molar-refractivity contribution is 6.03. The van der Waals surface area contributed by atoms with Crippen molar-refractivity contribution >= 4 is 5.78 Å². The third-order valence-corrected chi connectivity index (χ3v) is 13.7. The van der Waals surface area contributed by atoms with Crippen LogP contribution >= 0.6 is 0 Å². The molecule has 3 aliphatic rings. The Bertz CT molecular complexity index is 3290. The summed E-state index contributed by atoms with van der Waals surface area (Å²) in [6, 6.07) is 37.6. The lowest BCUT2D eigenvalue weighted by Gasteiger charge is -2.28. The molecule has 0 fully saturated rings. The van der Waals surface area contributed by atoms with Crippen molar-refractivity contribution in [2.75, 3.05) is 0 Å². The molecule has 8 aromatic carbocycles. The standard InChI is InChI=1S/C56H42O13/c57-32-9-1-26(2-10-32)45-46(30-17-36(61)21-37(62)18-30)53(54(67)27-3-11-33(58)12-4-27)52-50(45)42(66)25-44-51(52)49(56(69-44)29-7-15-35(60)16-8-29)41-23-40(65)24-43-48(41)47(31-19-38(63)22-39(64)20-31)55(68-43)28-5-13-34(59)14-6-28/h1-25,45-47,49,53,55-66H/t45-,46-,47-,49+,53?,55+,56-/m1/s1. The number of benzene rings is 8. The number of hydrogen-bond acceptors (Lipinski definition) is 13. The molecule has 0 aromatic heterocycles. The van der Waals surface area contributed by atoms with Crippen LogP contribution in [0.4, 0.5) is 0 Å². The van der Waals surface area contributed by atoms with E-state index in [-0.39, 0.29) is 74.6 Å². The van der Waals surface area contributed by atoms with Crippen molar-refractivity contribution < 1.29 is 65.3 Å². The molecule has 0 saturated heterocycles. The lowest BCUT2D eigenvalue weighted by Crippen LogP contribution is -2.21. The Hall–Kier alpha value is -8.97. The highest BCUT2D eigenvalue weighted by Crippen LogP contribution is 2.67. The molecule has 1 aliphatic carbocycles. The maximum atomic E-state index is 15.7. The average Bonchev–Trinajstić information content (AvgIpc) is 4.00. The highest BCUT2D eigenvalue weighted by atomic mass is 16.5. The number of aromatic hydroxyl groups is 10. The van der Waals surface area contributed by atoms with E-state index in [1.54, 1.807) is 42.5 Å². The molecule has 2 aliphatic heterocycles. The molecule has 10 N–H and O–H groups in total. The van der Waals surface area contributed by atoms with Crippen molar-refractivity contribution in [2.45, 2.75) is 41.8 Å². The number of rotatable bonds is 8. The van der Waals surface area contributed by atoms with Gasteiger partial charge in [0.15, 0.2) is 5.78 Å². The van der Waals surface area contributed by atoms with Crippen LogP contribution < -0.4 is 9.47 Å². The zero-order valence-electron chi connectivity index (χ0n) is 36.2. The first-order valence-electron chi connectivity index (χ1n) is 22.1. The minimum atomic E-state index is -1.22. The summed E-state index contributed by atoms with van der Waals surface area (Å²) in [6.45, 7) is 0. The number of Topliss-reactive ketones (excluding diaryl/α,β-unsaturated/α-hetero) is 1. The van der Waals surface area contributed by atoms with Gasteiger partial charge in [0, 0.05) is 58.4 Å². The first kappa shape index (κ1) is 42.7. The zero-order chi connectivity index (χ0) is 48.0. The van der Waals surface area contributed by atoms with Crippen LogP contribution in [-0.2, 0) is 0 Å². The second-order valence-electron chi connectivity index (χ2n) is 17.8. The summed E-state index contributed by atoms with van der Waals surface area (Å²) < 4.78 is 13.7. The third kappa shape index (κ3) is 7.22. The Labute approximate surface area is 393 Å². The molecule has 7 atom stereocenters. The van der Waals surface area contributed by atoms with Crippen LogP contribution in [0.15, 0.2) is 152 Å². The summed E-state index contributed by atoms with van der Waals surface area (Å²) in [5.41, 5.74) is 4.76. The maximum absolute atomic E-state index is 15.7.